The first-order chi connectivity index (χ1) is 20.1. The van der Waals surface area contributed by atoms with Crippen LogP contribution in [0.3, 0.4) is 0 Å². The van der Waals surface area contributed by atoms with E-state index in [4.69, 9.17) is 21.3 Å². The van der Waals surface area contributed by atoms with Crippen LogP contribution >= 0.6 is 11.6 Å². The van der Waals surface area contributed by atoms with Crippen molar-refractivity contribution in [2.75, 3.05) is 25.1 Å². The molecule has 4 heterocycles. The average Bonchev–Trinajstić information content (AvgIpc) is 2.97. The summed E-state index contributed by atoms with van der Waals surface area (Å²) in [7, 11) is 1.60. The molecule has 1 amide bonds. The van der Waals surface area contributed by atoms with Gasteiger partial charge < -0.3 is 14.5 Å². The summed E-state index contributed by atoms with van der Waals surface area (Å²) in [5, 5.41) is 1.02. The maximum Gasteiger partial charge on any atom is 0.355 e. The Morgan fingerprint density at radius 2 is 1.88 bits per heavy atom. The van der Waals surface area contributed by atoms with Gasteiger partial charge in [-0.2, -0.15) is 4.98 Å². The van der Waals surface area contributed by atoms with Gasteiger partial charge in [0.25, 0.3) is 0 Å². The predicted octanol–water partition coefficient (Wildman–Crippen LogP) is 5.55. The molecule has 0 N–H and O–H groups in total. The fraction of sp³-hybridized carbons (Fsp3) is 0.344. The molecule has 9 nitrogen and oxygen atoms in total. The molecule has 2 atom stereocenters. The van der Waals surface area contributed by atoms with Crippen molar-refractivity contribution in [3.05, 3.63) is 82.0 Å². The van der Waals surface area contributed by atoms with Gasteiger partial charge in [0.2, 0.25) is 5.91 Å². The monoisotopic (exact) mass is 586 g/mol. The number of para-hydroxylation sites is 1. The van der Waals surface area contributed by atoms with E-state index in [0.29, 0.717) is 57.7 Å². The Kier molecular flexibility index (Phi) is 8.06. The first kappa shape index (κ1) is 29.3. The SMILES string of the molecule is C=CC(=O)N1C[C@H](C)N(c2nc(=O)n(-c3c(C)ccnc3C(C)C)c3nc(-c4ccccc4OC)c(Cl)cc23)C[C@H]1C. The number of halogens is 1. The number of piperazine rings is 1. The Balaban J connectivity index is 1.83. The predicted molar refractivity (Wildman–Crippen MR) is 167 cm³/mol. The second-order valence-electron chi connectivity index (χ2n) is 11.0. The van der Waals surface area contributed by atoms with Crippen molar-refractivity contribution in [3.8, 4) is 22.7 Å². The minimum absolute atomic E-state index is 0.0406. The summed E-state index contributed by atoms with van der Waals surface area (Å²) >= 11 is 6.95. The van der Waals surface area contributed by atoms with Crippen LogP contribution in [0.2, 0.25) is 5.02 Å². The maximum absolute atomic E-state index is 14.1. The number of pyridine rings is 2. The number of aromatic nitrogens is 4. The lowest BCUT2D eigenvalue weighted by Gasteiger charge is -2.44. The van der Waals surface area contributed by atoms with E-state index >= 15 is 0 Å². The van der Waals surface area contributed by atoms with Crippen LogP contribution in [-0.4, -0.2) is 62.6 Å². The molecule has 0 bridgehead atoms. The molecule has 1 fully saturated rings. The number of hydrogen-bond acceptors (Lipinski definition) is 7. The number of fused-ring (bicyclic) bond motifs is 1. The number of benzene rings is 1. The molecule has 0 unspecified atom stereocenters. The lowest BCUT2D eigenvalue weighted by molar-refractivity contribution is -0.128. The van der Waals surface area contributed by atoms with E-state index in [1.807, 2.05) is 71.0 Å². The average molecular weight is 587 g/mol. The minimum atomic E-state index is -0.472. The first-order valence-corrected chi connectivity index (χ1v) is 14.4. The third-order valence-electron chi connectivity index (χ3n) is 7.80. The highest BCUT2D eigenvalue weighted by Gasteiger charge is 2.34. The molecule has 1 aliphatic heterocycles. The number of methoxy groups -OCH3 is 1. The van der Waals surface area contributed by atoms with Crippen molar-refractivity contribution >= 4 is 34.4 Å². The number of anilines is 1. The molecule has 5 rings (SSSR count). The van der Waals surface area contributed by atoms with Crippen LogP contribution in [0.5, 0.6) is 5.75 Å². The highest BCUT2D eigenvalue weighted by molar-refractivity contribution is 6.34. The van der Waals surface area contributed by atoms with E-state index in [1.54, 1.807) is 22.8 Å². The van der Waals surface area contributed by atoms with Crippen LogP contribution in [0.25, 0.3) is 28.0 Å². The van der Waals surface area contributed by atoms with E-state index in [1.165, 1.54) is 6.08 Å². The quantitative estimate of drug-likeness (QED) is 0.274. The minimum Gasteiger partial charge on any atom is -0.496 e. The Morgan fingerprint density at radius 1 is 1.14 bits per heavy atom. The standard InChI is InChI=1S/C32H35ClN6O3/c1-8-26(40)37-16-21(6)38(17-20(37)5)30-23-15-24(33)28(22-11-9-10-12-25(22)42-7)35-31(23)39(32(41)36-30)29-19(4)13-14-34-27(29)18(2)3/h8-15,18,20-21H,1,16-17H2,2-7H3/t20-,21+/m1/s1. The molecule has 0 radical (unpaired) electrons. The smallest absolute Gasteiger partial charge is 0.355 e. The fourth-order valence-corrected chi connectivity index (χ4v) is 5.94. The van der Waals surface area contributed by atoms with E-state index in [2.05, 4.69) is 21.4 Å². The lowest BCUT2D eigenvalue weighted by atomic mass is 10.0. The molecule has 10 heteroatoms. The van der Waals surface area contributed by atoms with Crippen molar-refractivity contribution in [1.82, 2.24) is 24.4 Å². The van der Waals surface area contributed by atoms with Gasteiger partial charge >= 0.3 is 5.69 Å². The summed E-state index contributed by atoms with van der Waals surface area (Å²) < 4.78 is 7.17. The summed E-state index contributed by atoms with van der Waals surface area (Å²) in [5.41, 5.74) is 3.43. The molecule has 0 saturated carbocycles. The van der Waals surface area contributed by atoms with Crippen LogP contribution in [0.1, 0.15) is 44.9 Å². The largest absolute Gasteiger partial charge is 0.496 e. The molecule has 1 aromatic carbocycles. The number of carbonyl (C=O) groups is 1. The summed E-state index contributed by atoms with van der Waals surface area (Å²) in [6.07, 6.45) is 3.08. The van der Waals surface area contributed by atoms with Gasteiger partial charge in [-0.05, 0) is 62.6 Å². The molecule has 0 aliphatic carbocycles. The topological polar surface area (TPSA) is 93.5 Å². The van der Waals surface area contributed by atoms with Crippen molar-refractivity contribution in [2.45, 2.75) is 52.6 Å². The molecule has 1 saturated heterocycles. The Morgan fingerprint density at radius 3 is 2.57 bits per heavy atom. The van der Waals surface area contributed by atoms with Crippen molar-refractivity contribution in [2.24, 2.45) is 0 Å². The van der Waals surface area contributed by atoms with Crippen LogP contribution < -0.4 is 15.3 Å². The third-order valence-corrected chi connectivity index (χ3v) is 8.09. The van der Waals surface area contributed by atoms with Gasteiger partial charge in [0, 0.05) is 36.9 Å². The van der Waals surface area contributed by atoms with Crippen LogP contribution in [0, 0.1) is 6.92 Å². The number of ether oxygens (including phenoxy) is 1. The number of nitrogens with zero attached hydrogens (tertiary/aromatic N) is 6. The van der Waals surface area contributed by atoms with Gasteiger partial charge in [-0.25, -0.2) is 14.3 Å². The Labute approximate surface area is 250 Å². The molecule has 218 valence electrons. The number of hydrogen-bond donors (Lipinski definition) is 0. The molecule has 3 aromatic heterocycles. The molecular formula is C32H35ClN6O3. The van der Waals surface area contributed by atoms with Gasteiger partial charge in [-0.15, -0.1) is 0 Å². The second-order valence-corrected chi connectivity index (χ2v) is 11.4. The van der Waals surface area contributed by atoms with Gasteiger partial charge in [0.1, 0.15) is 11.6 Å². The maximum atomic E-state index is 14.1. The zero-order valence-corrected chi connectivity index (χ0v) is 25.5. The summed E-state index contributed by atoms with van der Waals surface area (Å²) in [5.74, 6) is 1.01. The Hall–Kier alpha value is -4.24. The van der Waals surface area contributed by atoms with Gasteiger partial charge in [0.05, 0.1) is 34.6 Å². The molecule has 1 aliphatic rings. The fourth-order valence-electron chi connectivity index (χ4n) is 5.69. The van der Waals surface area contributed by atoms with E-state index in [0.717, 1.165) is 11.3 Å². The zero-order chi connectivity index (χ0) is 30.3. The molecule has 42 heavy (non-hydrogen) atoms. The number of amides is 1. The van der Waals surface area contributed by atoms with Crippen molar-refractivity contribution < 1.29 is 9.53 Å². The van der Waals surface area contributed by atoms with Crippen LogP contribution in [0.4, 0.5) is 5.82 Å². The summed E-state index contributed by atoms with van der Waals surface area (Å²) in [4.78, 5) is 44.8. The van der Waals surface area contributed by atoms with E-state index < -0.39 is 5.69 Å². The molecular weight excluding hydrogens is 552 g/mol. The van der Waals surface area contributed by atoms with Crippen LogP contribution in [-0.2, 0) is 4.79 Å². The third kappa shape index (κ3) is 5.02. The first-order valence-electron chi connectivity index (χ1n) is 14.0. The second kappa shape index (κ2) is 11.6. The normalized spacial score (nSPS) is 17.1. The van der Waals surface area contributed by atoms with Gasteiger partial charge in [0.15, 0.2) is 5.65 Å². The zero-order valence-electron chi connectivity index (χ0n) is 24.8. The number of carbonyl (C=O) groups excluding carboxylic acids is 1. The van der Waals surface area contributed by atoms with Crippen molar-refractivity contribution in [3.63, 3.8) is 0 Å². The highest BCUT2D eigenvalue weighted by atomic mass is 35.5. The van der Waals surface area contributed by atoms with E-state index in [-0.39, 0.29) is 23.9 Å². The van der Waals surface area contributed by atoms with Gasteiger partial charge in [-0.1, -0.05) is 44.2 Å². The summed E-state index contributed by atoms with van der Waals surface area (Å²) in [6.45, 7) is 14.6. The molecule has 0 spiro atoms. The lowest BCUT2D eigenvalue weighted by Crippen LogP contribution is -2.58. The van der Waals surface area contributed by atoms with Crippen molar-refractivity contribution in [1.29, 1.82) is 0 Å². The molecule has 4 aromatic rings. The van der Waals surface area contributed by atoms with Gasteiger partial charge in [-0.3, -0.25) is 9.78 Å². The number of aryl methyl sites for hydroxylation is 1. The Bertz CT molecular complexity index is 1750. The van der Waals surface area contributed by atoms with E-state index in [9.17, 15) is 9.59 Å². The highest BCUT2D eigenvalue weighted by Crippen LogP contribution is 2.38. The number of rotatable bonds is 6. The van der Waals surface area contributed by atoms with Crippen LogP contribution in [0.15, 0.2) is 60.0 Å². The summed E-state index contributed by atoms with van der Waals surface area (Å²) in [6, 6.07) is 10.9.